The van der Waals surface area contributed by atoms with Gasteiger partial charge in [-0.1, -0.05) is 28.1 Å². The van der Waals surface area contributed by atoms with Gasteiger partial charge in [0.1, 0.15) is 5.60 Å². The predicted octanol–water partition coefficient (Wildman–Crippen LogP) is 4.37. The third-order valence-electron chi connectivity index (χ3n) is 3.49. The summed E-state index contributed by atoms with van der Waals surface area (Å²) in [6.07, 6.45) is 1.70. The van der Waals surface area contributed by atoms with Gasteiger partial charge in [-0.15, -0.1) is 0 Å². The van der Waals surface area contributed by atoms with Crippen LogP contribution in [0, 0.1) is 0 Å². The number of carbonyl (C=O) groups is 1. The molecule has 5 heteroatoms. The van der Waals surface area contributed by atoms with Gasteiger partial charge in [0.15, 0.2) is 0 Å². The van der Waals surface area contributed by atoms with Crippen LogP contribution in [0.25, 0.3) is 0 Å². The summed E-state index contributed by atoms with van der Waals surface area (Å²) in [6, 6.07) is 8.15. The molecule has 0 aliphatic carbocycles. The van der Waals surface area contributed by atoms with Crippen LogP contribution in [0.15, 0.2) is 28.7 Å². The Bertz CT molecular complexity index is 488. The van der Waals surface area contributed by atoms with Gasteiger partial charge in [-0.3, -0.25) is 0 Å². The lowest BCUT2D eigenvalue weighted by Crippen LogP contribution is -2.43. The van der Waals surface area contributed by atoms with Crippen molar-refractivity contribution < 1.29 is 14.3 Å². The summed E-state index contributed by atoms with van der Waals surface area (Å²) < 4.78 is 12.4. The van der Waals surface area contributed by atoms with E-state index in [1.165, 1.54) is 0 Å². The molecule has 0 saturated carbocycles. The van der Waals surface area contributed by atoms with Crippen molar-refractivity contribution in [3.05, 3.63) is 34.3 Å². The van der Waals surface area contributed by atoms with Gasteiger partial charge in [-0.25, -0.2) is 4.79 Å². The number of piperidine rings is 1. The fraction of sp³-hybridized carbons (Fsp3) is 0.588. The van der Waals surface area contributed by atoms with E-state index in [-0.39, 0.29) is 12.2 Å². The number of hydrogen-bond acceptors (Lipinski definition) is 3. The Balaban J connectivity index is 1.73. The van der Waals surface area contributed by atoms with Crippen LogP contribution in [-0.4, -0.2) is 35.8 Å². The first-order chi connectivity index (χ1) is 10.3. The van der Waals surface area contributed by atoms with E-state index in [1.54, 1.807) is 4.90 Å². The highest BCUT2D eigenvalue weighted by atomic mass is 79.9. The van der Waals surface area contributed by atoms with Gasteiger partial charge in [-0.2, -0.15) is 0 Å². The summed E-state index contributed by atoms with van der Waals surface area (Å²) in [4.78, 5) is 13.8. The van der Waals surface area contributed by atoms with E-state index in [0.717, 1.165) is 22.9 Å². The normalized spacial score (nSPS) is 16.6. The van der Waals surface area contributed by atoms with Gasteiger partial charge >= 0.3 is 6.09 Å². The number of ether oxygens (including phenoxy) is 2. The molecule has 1 amide bonds. The molecule has 1 aliphatic heterocycles. The molecule has 4 nitrogen and oxygen atoms in total. The number of halogens is 1. The summed E-state index contributed by atoms with van der Waals surface area (Å²) in [5, 5.41) is 0. The standard InChI is InChI=1S/C17H24BrNO3/c1-17(2,3)22-16(20)19-10-8-15(9-11-19)21-12-13-4-6-14(18)7-5-13/h4-7,15H,8-12H2,1-3H3. The lowest BCUT2D eigenvalue weighted by Gasteiger charge is -2.33. The smallest absolute Gasteiger partial charge is 0.410 e. The number of hydrogen-bond donors (Lipinski definition) is 0. The van der Waals surface area contributed by atoms with Crippen molar-refractivity contribution >= 4 is 22.0 Å². The van der Waals surface area contributed by atoms with Crippen molar-refractivity contribution in [2.75, 3.05) is 13.1 Å². The molecule has 1 fully saturated rings. The Kier molecular flexibility index (Phi) is 5.87. The lowest BCUT2D eigenvalue weighted by atomic mass is 10.1. The quantitative estimate of drug-likeness (QED) is 0.793. The first-order valence-electron chi connectivity index (χ1n) is 7.67. The summed E-state index contributed by atoms with van der Waals surface area (Å²) in [7, 11) is 0. The molecular formula is C17H24BrNO3. The second-order valence-corrected chi connectivity index (χ2v) is 7.52. The van der Waals surface area contributed by atoms with Gasteiger partial charge in [0.25, 0.3) is 0 Å². The predicted molar refractivity (Wildman–Crippen MR) is 89.8 cm³/mol. The third-order valence-corrected chi connectivity index (χ3v) is 4.02. The van der Waals surface area contributed by atoms with Crippen LogP contribution in [0.4, 0.5) is 4.79 Å². The van der Waals surface area contributed by atoms with E-state index in [2.05, 4.69) is 28.1 Å². The van der Waals surface area contributed by atoms with Crippen molar-refractivity contribution in [3.63, 3.8) is 0 Å². The molecule has 0 radical (unpaired) electrons. The zero-order valence-corrected chi connectivity index (χ0v) is 15.1. The average molecular weight is 370 g/mol. The molecule has 1 aromatic carbocycles. The number of likely N-dealkylation sites (tertiary alicyclic amines) is 1. The van der Waals surface area contributed by atoms with Crippen LogP contribution in [0.1, 0.15) is 39.2 Å². The number of rotatable bonds is 3. The summed E-state index contributed by atoms with van der Waals surface area (Å²) in [6.45, 7) is 7.67. The monoisotopic (exact) mass is 369 g/mol. The van der Waals surface area contributed by atoms with Crippen LogP contribution in [0.3, 0.4) is 0 Å². The second kappa shape index (κ2) is 7.47. The fourth-order valence-electron chi connectivity index (χ4n) is 2.33. The molecule has 1 saturated heterocycles. The Hall–Kier alpha value is -1.07. The number of benzene rings is 1. The highest BCUT2D eigenvalue weighted by Gasteiger charge is 2.27. The molecule has 0 bridgehead atoms. The van der Waals surface area contributed by atoms with Crippen LogP contribution >= 0.6 is 15.9 Å². The summed E-state index contributed by atoms with van der Waals surface area (Å²) in [5.41, 5.74) is 0.726. The molecule has 0 spiro atoms. The van der Waals surface area contributed by atoms with E-state index in [9.17, 15) is 4.79 Å². The van der Waals surface area contributed by atoms with Crippen molar-refractivity contribution in [2.24, 2.45) is 0 Å². The minimum atomic E-state index is -0.438. The lowest BCUT2D eigenvalue weighted by molar-refractivity contribution is -0.0170. The van der Waals surface area contributed by atoms with E-state index >= 15 is 0 Å². The molecular weight excluding hydrogens is 346 g/mol. The molecule has 1 aliphatic rings. The first kappa shape index (κ1) is 17.3. The molecule has 1 aromatic rings. The first-order valence-corrected chi connectivity index (χ1v) is 8.47. The van der Waals surface area contributed by atoms with E-state index in [1.807, 2.05) is 32.9 Å². The molecule has 0 N–H and O–H groups in total. The third kappa shape index (κ3) is 5.61. The van der Waals surface area contributed by atoms with Crippen molar-refractivity contribution in [2.45, 2.75) is 51.9 Å². The molecule has 122 valence electrons. The van der Waals surface area contributed by atoms with Crippen molar-refractivity contribution in [1.82, 2.24) is 4.90 Å². The van der Waals surface area contributed by atoms with Crippen molar-refractivity contribution in [3.8, 4) is 0 Å². The molecule has 2 rings (SSSR count). The van der Waals surface area contributed by atoms with E-state index in [0.29, 0.717) is 19.7 Å². The van der Waals surface area contributed by atoms with E-state index in [4.69, 9.17) is 9.47 Å². The van der Waals surface area contributed by atoms with E-state index < -0.39 is 5.60 Å². The highest BCUT2D eigenvalue weighted by molar-refractivity contribution is 9.10. The van der Waals surface area contributed by atoms with Gasteiger partial charge in [0.05, 0.1) is 12.7 Å². The summed E-state index contributed by atoms with van der Waals surface area (Å²) in [5.74, 6) is 0. The second-order valence-electron chi connectivity index (χ2n) is 6.60. The van der Waals surface area contributed by atoms with Crippen LogP contribution in [0.2, 0.25) is 0 Å². The fourth-order valence-corrected chi connectivity index (χ4v) is 2.59. The van der Waals surface area contributed by atoms with Gasteiger partial charge < -0.3 is 14.4 Å². The molecule has 0 atom stereocenters. The zero-order valence-electron chi connectivity index (χ0n) is 13.5. The minimum absolute atomic E-state index is 0.210. The number of carbonyl (C=O) groups excluding carboxylic acids is 1. The van der Waals surface area contributed by atoms with Gasteiger partial charge in [-0.05, 0) is 51.3 Å². The van der Waals surface area contributed by atoms with Crippen LogP contribution < -0.4 is 0 Å². The number of nitrogens with zero attached hydrogens (tertiary/aromatic N) is 1. The topological polar surface area (TPSA) is 38.8 Å². The van der Waals surface area contributed by atoms with Gasteiger partial charge in [0.2, 0.25) is 0 Å². The minimum Gasteiger partial charge on any atom is -0.444 e. The molecule has 0 unspecified atom stereocenters. The Labute approximate surface area is 140 Å². The maximum Gasteiger partial charge on any atom is 0.410 e. The summed E-state index contributed by atoms with van der Waals surface area (Å²) >= 11 is 3.42. The van der Waals surface area contributed by atoms with Crippen LogP contribution in [-0.2, 0) is 16.1 Å². The maximum absolute atomic E-state index is 12.0. The molecule has 0 aromatic heterocycles. The SMILES string of the molecule is CC(C)(C)OC(=O)N1CCC(OCc2ccc(Br)cc2)CC1. The molecule has 1 heterocycles. The largest absolute Gasteiger partial charge is 0.444 e. The van der Waals surface area contributed by atoms with Crippen LogP contribution in [0.5, 0.6) is 0 Å². The highest BCUT2D eigenvalue weighted by Crippen LogP contribution is 2.19. The van der Waals surface area contributed by atoms with Crippen molar-refractivity contribution in [1.29, 1.82) is 0 Å². The Morgan fingerprint density at radius 2 is 1.82 bits per heavy atom. The molecule has 22 heavy (non-hydrogen) atoms. The zero-order chi connectivity index (χ0) is 16.2. The Morgan fingerprint density at radius 3 is 2.36 bits per heavy atom. The van der Waals surface area contributed by atoms with Gasteiger partial charge in [0, 0.05) is 17.6 Å². The maximum atomic E-state index is 12.0. The average Bonchev–Trinajstić information content (AvgIpc) is 2.45. The number of amides is 1. The Morgan fingerprint density at radius 1 is 1.23 bits per heavy atom.